The Labute approximate surface area is 148 Å². The highest BCUT2D eigenvalue weighted by molar-refractivity contribution is 6.32. The molecule has 0 aliphatic carbocycles. The van der Waals surface area contributed by atoms with Crippen molar-refractivity contribution in [1.82, 2.24) is 14.8 Å². The molecule has 1 N–H and O–H groups in total. The second-order valence-electron chi connectivity index (χ2n) is 5.15. The minimum absolute atomic E-state index is 0.0673. The number of anilines is 1. The fourth-order valence-corrected chi connectivity index (χ4v) is 2.45. The van der Waals surface area contributed by atoms with Crippen LogP contribution in [-0.4, -0.2) is 27.8 Å². The van der Waals surface area contributed by atoms with Crippen molar-refractivity contribution in [1.29, 1.82) is 0 Å². The Hall–Kier alpha value is -2.93. The molecule has 2 aromatic carbocycles. The van der Waals surface area contributed by atoms with E-state index in [-0.39, 0.29) is 22.3 Å². The maximum Gasteiger partial charge on any atom is 0.295 e. The average Bonchev–Trinajstić information content (AvgIpc) is 3.09. The Balaban J connectivity index is 1.73. The largest absolute Gasteiger partial charge is 0.495 e. The van der Waals surface area contributed by atoms with E-state index in [2.05, 4.69) is 15.4 Å². The van der Waals surface area contributed by atoms with Crippen LogP contribution in [0.4, 0.5) is 10.1 Å². The molecule has 0 radical (unpaired) electrons. The maximum atomic E-state index is 14.1. The molecule has 0 atom stereocenters. The van der Waals surface area contributed by atoms with Crippen LogP contribution >= 0.6 is 11.6 Å². The van der Waals surface area contributed by atoms with Crippen LogP contribution in [-0.2, 0) is 6.54 Å². The van der Waals surface area contributed by atoms with Gasteiger partial charge in [-0.05, 0) is 17.7 Å². The monoisotopic (exact) mass is 360 g/mol. The molecule has 0 saturated heterocycles. The molecule has 0 aliphatic heterocycles. The number of rotatable bonds is 5. The number of halogens is 2. The van der Waals surface area contributed by atoms with Gasteiger partial charge in [0.05, 0.1) is 19.3 Å². The first-order chi connectivity index (χ1) is 12.1. The molecule has 8 heteroatoms. The summed E-state index contributed by atoms with van der Waals surface area (Å²) in [6.45, 7) is 0.476. The third-order valence-electron chi connectivity index (χ3n) is 3.44. The van der Waals surface area contributed by atoms with E-state index in [9.17, 15) is 9.18 Å². The van der Waals surface area contributed by atoms with Gasteiger partial charge < -0.3 is 10.1 Å². The first-order valence-corrected chi connectivity index (χ1v) is 7.73. The molecule has 3 rings (SSSR count). The van der Waals surface area contributed by atoms with Gasteiger partial charge >= 0.3 is 0 Å². The van der Waals surface area contributed by atoms with Crippen molar-refractivity contribution < 1.29 is 13.9 Å². The van der Waals surface area contributed by atoms with Crippen LogP contribution in [0.3, 0.4) is 0 Å². The molecule has 0 unspecified atom stereocenters. The molecule has 1 aromatic heterocycles. The maximum absolute atomic E-state index is 14.1. The smallest absolute Gasteiger partial charge is 0.295 e. The molecule has 1 amide bonds. The second kappa shape index (κ2) is 7.31. The number of carbonyl (C=O) groups is 1. The fraction of sp³-hybridized carbons (Fsp3) is 0.118. The van der Waals surface area contributed by atoms with E-state index in [0.717, 1.165) is 5.56 Å². The normalized spacial score (nSPS) is 10.5. The van der Waals surface area contributed by atoms with Crippen LogP contribution in [0, 0.1) is 5.82 Å². The van der Waals surface area contributed by atoms with Gasteiger partial charge in [0.15, 0.2) is 5.82 Å². The van der Waals surface area contributed by atoms with Crippen LogP contribution in [0.5, 0.6) is 5.75 Å². The highest BCUT2D eigenvalue weighted by Crippen LogP contribution is 2.31. The van der Waals surface area contributed by atoms with Gasteiger partial charge in [-0.1, -0.05) is 41.9 Å². The number of ether oxygens (including phenoxy) is 1. The topological polar surface area (TPSA) is 69.0 Å². The molecule has 25 heavy (non-hydrogen) atoms. The Kier molecular flexibility index (Phi) is 4.95. The van der Waals surface area contributed by atoms with Gasteiger partial charge in [-0.25, -0.2) is 14.1 Å². The van der Waals surface area contributed by atoms with E-state index >= 15 is 0 Å². The molecule has 6 nitrogen and oxygen atoms in total. The predicted octanol–water partition coefficient (Wildman–Crippen LogP) is 3.38. The first kappa shape index (κ1) is 16.9. The number of aromatic nitrogens is 3. The lowest BCUT2D eigenvalue weighted by molar-refractivity contribution is 0.101. The van der Waals surface area contributed by atoms with E-state index in [0.29, 0.717) is 6.54 Å². The zero-order valence-corrected chi connectivity index (χ0v) is 14.0. The van der Waals surface area contributed by atoms with Crippen molar-refractivity contribution in [2.45, 2.75) is 6.54 Å². The van der Waals surface area contributed by atoms with Gasteiger partial charge in [0.1, 0.15) is 17.1 Å². The van der Waals surface area contributed by atoms with Gasteiger partial charge in [-0.2, -0.15) is 0 Å². The van der Waals surface area contributed by atoms with Crippen molar-refractivity contribution in [2.24, 2.45) is 0 Å². The summed E-state index contributed by atoms with van der Waals surface area (Å²) in [6.07, 6.45) is 1.44. The summed E-state index contributed by atoms with van der Waals surface area (Å²) in [5.41, 5.74) is 0.947. The van der Waals surface area contributed by atoms with Crippen LogP contribution in [0.25, 0.3) is 0 Å². The molecule has 3 aromatic rings. The Morgan fingerprint density at radius 2 is 2.04 bits per heavy atom. The summed E-state index contributed by atoms with van der Waals surface area (Å²) in [5.74, 6) is -1.30. The molecule has 128 valence electrons. The van der Waals surface area contributed by atoms with Gasteiger partial charge in [0.2, 0.25) is 5.82 Å². The molecule has 0 bridgehead atoms. The second-order valence-corrected chi connectivity index (χ2v) is 5.53. The van der Waals surface area contributed by atoms with Crippen molar-refractivity contribution in [3.63, 3.8) is 0 Å². The molecule has 0 saturated carbocycles. The van der Waals surface area contributed by atoms with Crippen LogP contribution < -0.4 is 10.1 Å². The predicted molar refractivity (Wildman–Crippen MR) is 91.5 cm³/mol. The van der Waals surface area contributed by atoms with Gasteiger partial charge in [-0.15, -0.1) is 5.10 Å². The minimum atomic E-state index is -0.780. The molecule has 0 aliphatic rings. The standard InChI is InChI=1S/C17H14ClFN4O2/c1-25-13-8-7-12(15(19)14(13)18)21-17(24)16-20-10-23(22-16)9-11-5-3-2-4-6-11/h2-8,10H,9H2,1H3,(H,21,24). The summed E-state index contributed by atoms with van der Waals surface area (Å²) in [7, 11) is 1.38. The van der Waals surface area contributed by atoms with Gasteiger partial charge in [0, 0.05) is 0 Å². The van der Waals surface area contributed by atoms with E-state index in [1.54, 1.807) is 0 Å². The van der Waals surface area contributed by atoms with Crippen molar-refractivity contribution in [3.05, 3.63) is 71.0 Å². The highest BCUT2D eigenvalue weighted by Gasteiger charge is 2.17. The van der Waals surface area contributed by atoms with Crippen LogP contribution in [0.15, 0.2) is 48.8 Å². The minimum Gasteiger partial charge on any atom is -0.495 e. The highest BCUT2D eigenvalue weighted by atomic mass is 35.5. The van der Waals surface area contributed by atoms with Crippen LogP contribution in [0.2, 0.25) is 5.02 Å². The summed E-state index contributed by atoms with van der Waals surface area (Å²) in [5, 5.41) is 6.30. The lowest BCUT2D eigenvalue weighted by atomic mass is 10.2. The Bertz CT molecular complexity index is 899. The zero-order chi connectivity index (χ0) is 17.8. The number of benzene rings is 2. The lowest BCUT2D eigenvalue weighted by Gasteiger charge is -2.08. The van der Waals surface area contributed by atoms with Crippen molar-refractivity contribution in [3.8, 4) is 5.75 Å². The summed E-state index contributed by atoms with van der Waals surface area (Å²) in [4.78, 5) is 16.2. The number of nitrogens with zero attached hydrogens (tertiary/aromatic N) is 3. The number of nitrogens with one attached hydrogen (secondary N) is 1. The fourth-order valence-electron chi connectivity index (χ4n) is 2.21. The quantitative estimate of drug-likeness (QED) is 0.757. The van der Waals surface area contributed by atoms with Crippen LogP contribution in [0.1, 0.15) is 16.2 Å². The van der Waals surface area contributed by atoms with Gasteiger partial charge in [-0.3, -0.25) is 4.79 Å². The number of hydrogen-bond donors (Lipinski definition) is 1. The third-order valence-corrected chi connectivity index (χ3v) is 3.79. The Morgan fingerprint density at radius 3 is 2.76 bits per heavy atom. The zero-order valence-electron chi connectivity index (χ0n) is 13.2. The molecule has 1 heterocycles. The molecule has 0 fully saturated rings. The number of carbonyl (C=O) groups excluding carboxylic acids is 1. The SMILES string of the molecule is COc1ccc(NC(=O)c2ncn(Cc3ccccc3)n2)c(F)c1Cl. The lowest BCUT2D eigenvalue weighted by Crippen LogP contribution is -2.15. The molecular weight excluding hydrogens is 347 g/mol. The van der Waals surface area contributed by atoms with Gasteiger partial charge in [0.25, 0.3) is 5.91 Å². The summed E-state index contributed by atoms with van der Waals surface area (Å²) >= 11 is 5.84. The van der Waals surface area contributed by atoms with Crippen molar-refractivity contribution >= 4 is 23.2 Å². The first-order valence-electron chi connectivity index (χ1n) is 7.35. The molecule has 0 spiro atoms. The number of amides is 1. The van der Waals surface area contributed by atoms with E-state index in [4.69, 9.17) is 16.3 Å². The van der Waals surface area contributed by atoms with Crippen molar-refractivity contribution in [2.75, 3.05) is 12.4 Å². The summed E-state index contributed by atoms with van der Waals surface area (Å²) < 4.78 is 20.6. The third kappa shape index (κ3) is 3.77. The average molecular weight is 361 g/mol. The van der Waals surface area contributed by atoms with E-state index in [1.165, 1.54) is 30.3 Å². The summed E-state index contributed by atoms with van der Waals surface area (Å²) in [6, 6.07) is 12.4. The Morgan fingerprint density at radius 1 is 1.28 bits per heavy atom. The number of methoxy groups -OCH3 is 1. The molecular formula is C17H14ClFN4O2. The van der Waals surface area contributed by atoms with E-state index < -0.39 is 11.7 Å². The van der Waals surface area contributed by atoms with E-state index in [1.807, 2.05) is 30.3 Å². The number of hydrogen-bond acceptors (Lipinski definition) is 4.